The van der Waals surface area contributed by atoms with Crippen molar-refractivity contribution in [2.75, 3.05) is 0 Å². The molecule has 16 heavy (non-hydrogen) atoms. The molecule has 2 rings (SSSR count). The van der Waals surface area contributed by atoms with Gasteiger partial charge in [0.05, 0.1) is 5.54 Å². The maximum atomic E-state index is 4.38. The maximum absolute atomic E-state index is 4.38. The van der Waals surface area contributed by atoms with Gasteiger partial charge in [-0.2, -0.15) is 4.80 Å². The average Bonchev–Trinajstić information content (AvgIpc) is 2.67. The molecule has 4 nitrogen and oxygen atoms in total. The third kappa shape index (κ3) is 2.10. The Labute approximate surface area is 95.3 Å². The minimum atomic E-state index is -0.129. The Bertz CT molecular complexity index is 476. The van der Waals surface area contributed by atoms with Gasteiger partial charge < -0.3 is 0 Å². The summed E-state index contributed by atoms with van der Waals surface area (Å²) < 4.78 is 0. The van der Waals surface area contributed by atoms with Crippen LogP contribution in [0.3, 0.4) is 0 Å². The van der Waals surface area contributed by atoms with Crippen molar-refractivity contribution in [3.63, 3.8) is 0 Å². The van der Waals surface area contributed by atoms with E-state index in [2.05, 4.69) is 22.3 Å². The third-order valence-electron chi connectivity index (χ3n) is 2.32. The molecule has 4 heteroatoms. The van der Waals surface area contributed by atoms with Crippen molar-refractivity contribution in [2.24, 2.45) is 0 Å². The van der Waals surface area contributed by atoms with Gasteiger partial charge in [-0.25, -0.2) is 0 Å². The summed E-state index contributed by atoms with van der Waals surface area (Å²) in [6, 6.07) is 8.12. The fourth-order valence-corrected chi connectivity index (χ4v) is 1.32. The third-order valence-corrected chi connectivity index (χ3v) is 2.32. The van der Waals surface area contributed by atoms with Gasteiger partial charge in [-0.3, -0.25) is 0 Å². The lowest BCUT2D eigenvalue weighted by Gasteiger charge is -2.15. The smallest absolute Gasteiger partial charge is 0.158 e. The highest BCUT2D eigenvalue weighted by atomic mass is 15.6. The molecule has 0 aliphatic carbocycles. The molecule has 0 spiro atoms. The van der Waals surface area contributed by atoms with Crippen molar-refractivity contribution in [1.82, 2.24) is 20.2 Å². The molecule has 2 aromatic rings. The minimum absolute atomic E-state index is 0.129. The van der Waals surface area contributed by atoms with Crippen molar-refractivity contribution in [3.05, 3.63) is 29.8 Å². The zero-order valence-corrected chi connectivity index (χ0v) is 10.1. The Hall–Kier alpha value is -1.71. The monoisotopic (exact) mass is 216 g/mol. The highest BCUT2D eigenvalue weighted by molar-refractivity contribution is 5.54. The van der Waals surface area contributed by atoms with Crippen LogP contribution in [0, 0.1) is 6.92 Å². The average molecular weight is 216 g/mol. The van der Waals surface area contributed by atoms with Crippen LogP contribution in [-0.2, 0) is 5.54 Å². The minimum Gasteiger partial charge on any atom is -0.158 e. The first-order valence-corrected chi connectivity index (χ1v) is 5.34. The molecule has 0 aliphatic rings. The van der Waals surface area contributed by atoms with E-state index < -0.39 is 0 Å². The van der Waals surface area contributed by atoms with Gasteiger partial charge >= 0.3 is 0 Å². The van der Waals surface area contributed by atoms with Crippen molar-refractivity contribution in [1.29, 1.82) is 0 Å². The molecule has 0 saturated heterocycles. The lowest BCUT2D eigenvalue weighted by atomic mass is 10.1. The first-order chi connectivity index (χ1) is 7.47. The van der Waals surface area contributed by atoms with Gasteiger partial charge in [0, 0.05) is 5.56 Å². The van der Waals surface area contributed by atoms with Crippen LogP contribution in [0.5, 0.6) is 0 Å². The summed E-state index contributed by atoms with van der Waals surface area (Å²) in [4.78, 5) is 1.64. The molecular formula is C12H16N4. The van der Waals surface area contributed by atoms with Crippen molar-refractivity contribution >= 4 is 0 Å². The van der Waals surface area contributed by atoms with Crippen LogP contribution < -0.4 is 0 Å². The molecule has 1 aromatic heterocycles. The van der Waals surface area contributed by atoms with Gasteiger partial charge in [-0.1, -0.05) is 29.8 Å². The van der Waals surface area contributed by atoms with Gasteiger partial charge in [0.25, 0.3) is 0 Å². The van der Waals surface area contributed by atoms with Gasteiger partial charge in [0.1, 0.15) is 0 Å². The largest absolute Gasteiger partial charge is 0.204 e. The fourth-order valence-electron chi connectivity index (χ4n) is 1.32. The fraction of sp³-hybridized carbons (Fsp3) is 0.417. The SMILES string of the molecule is Cc1ccc(-c2nnn(C(C)(C)C)n2)cc1. The highest BCUT2D eigenvalue weighted by Gasteiger charge is 2.17. The predicted octanol–water partition coefficient (Wildman–Crippen LogP) is 2.40. The van der Waals surface area contributed by atoms with E-state index in [0.717, 1.165) is 5.56 Å². The van der Waals surface area contributed by atoms with Crippen LogP contribution in [-0.4, -0.2) is 20.2 Å². The molecule has 0 atom stereocenters. The van der Waals surface area contributed by atoms with Crippen molar-refractivity contribution < 1.29 is 0 Å². The second kappa shape index (κ2) is 3.70. The lowest BCUT2D eigenvalue weighted by Crippen LogP contribution is -2.24. The van der Waals surface area contributed by atoms with Gasteiger partial charge in [-0.15, -0.1) is 10.2 Å². The summed E-state index contributed by atoms with van der Waals surface area (Å²) in [6.07, 6.45) is 0. The van der Waals surface area contributed by atoms with Gasteiger partial charge in [0.2, 0.25) is 5.82 Å². The Balaban J connectivity index is 2.35. The van der Waals surface area contributed by atoms with E-state index in [4.69, 9.17) is 0 Å². The standard InChI is InChI=1S/C12H16N4/c1-9-5-7-10(8-6-9)11-13-15-16(14-11)12(2,3)4/h5-8H,1-4H3. The molecule has 1 aromatic carbocycles. The summed E-state index contributed by atoms with van der Waals surface area (Å²) in [6.45, 7) is 8.21. The van der Waals surface area contributed by atoms with Gasteiger partial charge in [-0.05, 0) is 32.9 Å². The number of tetrazole rings is 1. The van der Waals surface area contributed by atoms with E-state index >= 15 is 0 Å². The Morgan fingerprint density at radius 2 is 1.69 bits per heavy atom. The number of benzene rings is 1. The first kappa shape index (κ1) is 10.8. The Morgan fingerprint density at radius 3 is 2.19 bits per heavy atom. The first-order valence-electron chi connectivity index (χ1n) is 5.34. The molecular weight excluding hydrogens is 200 g/mol. The topological polar surface area (TPSA) is 43.6 Å². The number of hydrogen-bond acceptors (Lipinski definition) is 3. The second-order valence-electron chi connectivity index (χ2n) is 4.94. The summed E-state index contributed by atoms with van der Waals surface area (Å²) in [7, 11) is 0. The van der Waals surface area contributed by atoms with Crippen molar-refractivity contribution in [2.45, 2.75) is 33.2 Å². The van der Waals surface area contributed by atoms with Crippen LogP contribution in [0.1, 0.15) is 26.3 Å². The summed E-state index contributed by atoms with van der Waals surface area (Å²) in [5.74, 6) is 0.676. The Kier molecular flexibility index (Phi) is 2.50. The summed E-state index contributed by atoms with van der Waals surface area (Å²) >= 11 is 0. The number of aromatic nitrogens is 4. The molecule has 0 bridgehead atoms. The van der Waals surface area contributed by atoms with Crippen LogP contribution >= 0.6 is 0 Å². The molecule has 0 saturated carbocycles. The van der Waals surface area contributed by atoms with E-state index in [-0.39, 0.29) is 5.54 Å². The number of nitrogens with zero attached hydrogens (tertiary/aromatic N) is 4. The molecule has 0 amide bonds. The lowest BCUT2D eigenvalue weighted by molar-refractivity contribution is 0.306. The highest BCUT2D eigenvalue weighted by Crippen LogP contribution is 2.16. The molecule has 1 heterocycles. The van der Waals surface area contributed by atoms with Crippen LogP contribution in [0.2, 0.25) is 0 Å². The van der Waals surface area contributed by atoms with Crippen molar-refractivity contribution in [3.8, 4) is 11.4 Å². The van der Waals surface area contributed by atoms with E-state index in [1.54, 1.807) is 4.80 Å². The van der Waals surface area contributed by atoms with E-state index in [1.807, 2.05) is 45.0 Å². The Morgan fingerprint density at radius 1 is 1.06 bits per heavy atom. The zero-order chi connectivity index (χ0) is 11.8. The molecule has 0 aliphatic heterocycles. The van der Waals surface area contributed by atoms with Crippen LogP contribution in [0.15, 0.2) is 24.3 Å². The quantitative estimate of drug-likeness (QED) is 0.735. The zero-order valence-electron chi connectivity index (χ0n) is 10.1. The molecule has 0 fully saturated rings. The van der Waals surface area contributed by atoms with Gasteiger partial charge in [0.15, 0.2) is 0 Å². The maximum Gasteiger partial charge on any atom is 0.204 e. The van der Waals surface area contributed by atoms with E-state index in [0.29, 0.717) is 5.82 Å². The molecule has 0 unspecified atom stereocenters. The van der Waals surface area contributed by atoms with Crippen LogP contribution in [0.4, 0.5) is 0 Å². The normalized spacial score (nSPS) is 11.8. The molecule has 0 N–H and O–H groups in total. The van der Waals surface area contributed by atoms with E-state index in [9.17, 15) is 0 Å². The number of hydrogen-bond donors (Lipinski definition) is 0. The molecule has 0 radical (unpaired) electrons. The molecule has 84 valence electrons. The summed E-state index contributed by atoms with van der Waals surface area (Å²) in [5.41, 5.74) is 2.10. The van der Waals surface area contributed by atoms with E-state index in [1.165, 1.54) is 5.56 Å². The predicted molar refractivity (Wildman–Crippen MR) is 63.0 cm³/mol. The number of aryl methyl sites for hydroxylation is 1. The second-order valence-corrected chi connectivity index (χ2v) is 4.94. The summed E-state index contributed by atoms with van der Waals surface area (Å²) in [5, 5.41) is 12.5. The number of rotatable bonds is 1. The van der Waals surface area contributed by atoms with Crippen LogP contribution in [0.25, 0.3) is 11.4 Å².